The molecule has 0 aliphatic carbocycles. The van der Waals surface area contributed by atoms with Crippen LogP contribution in [0, 0.1) is 11.3 Å². The highest BCUT2D eigenvalue weighted by molar-refractivity contribution is 5.08. The zero-order valence-corrected chi connectivity index (χ0v) is 11.8. The molecule has 1 heterocycles. The highest BCUT2D eigenvalue weighted by Crippen LogP contribution is 2.33. The van der Waals surface area contributed by atoms with Crippen molar-refractivity contribution in [1.82, 2.24) is 9.78 Å². The van der Waals surface area contributed by atoms with Crippen LogP contribution in [-0.2, 0) is 6.54 Å². The quantitative estimate of drug-likeness (QED) is 0.853. The van der Waals surface area contributed by atoms with E-state index in [1.165, 1.54) is 0 Å². The van der Waals surface area contributed by atoms with Crippen LogP contribution in [-0.4, -0.2) is 14.9 Å². The van der Waals surface area contributed by atoms with Crippen molar-refractivity contribution in [2.45, 2.75) is 60.1 Å². The number of aliphatic hydroxyl groups is 1. The molecule has 98 valence electrons. The van der Waals surface area contributed by atoms with Crippen molar-refractivity contribution in [1.29, 1.82) is 0 Å². The maximum absolute atomic E-state index is 10.2. The summed E-state index contributed by atoms with van der Waals surface area (Å²) in [4.78, 5) is 0. The van der Waals surface area contributed by atoms with E-state index >= 15 is 0 Å². The average Bonchev–Trinajstić information content (AvgIpc) is 2.65. The van der Waals surface area contributed by atoms with Gasteiger partial charge in [0.2, 0.25) is 0 Å². The zero-order chi connectivity index (χ0) is 13.1. The number of hydrogen-bond acceptors (Lipinski definition) is 2. The Morgan fingerprint density at radius 1 is 1.41 bits per heavy atom. The van der Waals surface area contributed by atoms with Crippen molar-refractivity contribution in [2.75, 3.05) is 0 Å². The molecule has 0 fully saturated rings. The van der Waals surface area contributed by atoms with Crippen LogP contribution in [0.2, 0.25) is 0 Å². The SMILES string of the molecule is CCCn1cc(C(O)CC(C)C(C)(C)C)cn1. The fourth-order valence-corrected chi connectivity index (χ4v) is 1.73. The summed E-state index contributed by atoms with van der Waals surface area (Å²) in [5, 5.41) is 14.4. The average molecular weight is 238 g/mol. The smallest absolute Gasteiger partial charge is 0.0823 e. The predicted molar refractivity (Wildman–Crippen MR) is 70.7 cm³/mol. The molecular weight excluding hydrogens is 212 g/mol. The third kappa shape index (κ3) is 4.15. The van der Waals surface area contributed by atoms with Gasteiger partial charge in [-0.05, 0) is 24.2 Å². The Morgan fingerprint density at radius 3 is 2.59 bits per heavy atom. The van der Waals surface area contributed by atoms with Crippen LogP contribution in [0.15, 0.2) is 12.4 Å². The molecule has 0 bridgehead atoms. The summed E-state index contributed by atoms with van der Waals surface area (Å²) >= 11 is 0. The lowest BCUT2D eigenvalue weighted by atomic mass is 9.78. The Morgan fingerprint density at radius 2 is 2.06 bits per heavy atom. The Balaban J connectivity index is 2.60. The Kier molecular flexibility index (Phi) is 4.75. The first kappa shape index (κ1) is 14.2. The second-order valence-electron chi connectivity index (χ2n) is 6.06. The first-order valence-corrected chi connectivity index (χ1v) is 6.55. The van der Waals surface area contributed by atoms with Gasteiger partial charge in [0.15, 0.2) is 0 Å². The molecular formula is C14H26N2O. The monoisotopic (exact) mass is 238 g/mol. The van der Waals surface area contributed by atoms with Crippen LogP contribution < -0.4 is 0 Å². The van der Waals surface area contributed by atoms with Gasteiger partial charge in [-0.1, -0.05) is 34.6 Å². The lowest BCUT2D eigenvalue weighted by Crippen LogP contribution is -2.19. The van der Waals surface area contributed by atoms with E-state index in [1.54, 1.807) is 6.20 Å². The molecule has 3 nitrogen and oxygen atoms in total. The highest BCUT2D eigenvalue weighted by Gasteiger charge is 2.23. The summed E-state index contributed by atoms with van der Waals surface area (Å²) in [7, 11) is 0. The van der Waals surface area contributed by atoms with Crippen molar-refractivity contribution < 1.29 is 5.11 Å². The molecule has 0 saturated carbocycles. The van der Waals surface area contributed by atoms with Crippen molar-refractivity contribution >= 4 is 0 Å². The molecule has 0 aromatic carbocycles. The summed E-state index contributed by atoms with van der Waals surface area (Å²) in [6, 6.07) is 0. The van der Waals surface area contributed by atoms with Gasteiger partial charge < -0.3 is 5.11 Å². The van der Waals surface area contributed by atoms with Crippen LogP contribution in [0.4, 0.5) is 0 Å². The highest BCUT2D eigenvalue weighted by atomic mass is 16.3. The second-order valence-corrected chi connectivity index (χ2v) is 6.06. The minimum absolute atomic E-state index is 0.237. The maximum Gasteiger partial charge on any atom is 0.0823 e. The van der Waals surface area contributed by atoms with Gasteiger partial charge >= 0.3 is 0 Å². The summed E-state index contributed by atoms with van der Waals surface area (Å²) in [6.45, 7) is 11.9. The van der Waals surface area contributed by atoms with E-state index in [0.29, 0.717) is 5.92 Å². The van der Waals surface area contributed by atoms with Gasteiger partial charge in [-0.3, -0.25) is 4.68 Å². The third-order valence-corrected chi connectivity index (χ3v) is 3.55. The van der Waals surface area contributed by atoms with Crippen LogP contribution in [0.25, 0.3) is 0 Å². The third-order valence-electron chi connectivity index (χ3n) is 3.55. The molecule has 0 radical (unpaired) electrons. The molecule has 1 rings (SSSR count). The fraction of sp³-hybridized carbons (Fsp3) is 0.786. The first-order valence-electron chi connectivity index (χ1n) is 6.55. The van der Waals surface area contributed by atoms with Crippen molar-refractivity contribution in [2.24, 2.45) is 11.3 Å². The topological polar surface area (TPSA) is 38.0 Å². The van der Waals surface area contributed by atoms with Crippen molar-refractivity contribution in [3.8, 4) is 0 Å². The molecule has 0 amide bonds. The van der Waals surface area contributed by atoms with Crippen LogP contribution >= 0.6 is 0 Å². The minimum atomic E-state index is -0.394. The number of aryl methyl sites for hydroxylation is 1. The van der Waals surface area contributed by atoms with Crippen LogP contribution in [0.5, 0.6) is 0 Å². The summed E-state index contributed by atoms with van der Waals surface area (Å²) in [5.41, 5.74) is 1.18. The number of hydrogen-bond donors (Lipinski definition) is 1. The van der Waals surface area contributed by atoms with Crippen molar-refractivity contribution in [3.05, 3.63) is 18.0 Å². The van der Waals surface area contributed by atoms with Gasteiger partial charge in [-0.15, -0.1) is 0 Å². The van der Waals surface area contributed by atoms with Crippen LogP contribution in [0.3, 0.4) is 0 Å². The summed E-state index contributed by atoms with van der Waals surface area (Å²) < 4.78 is 1.90. The van der Waals surface area contributed by atoms with Gasteiger partial charge in [-0.25, -0.2) is 0 Å². The van der Waals surface area contributed by atoms with E-state index in [0.717, 1.165) is 24.9 Å². The summed E-state index contributed by atoms with van der Waals surface area (Å²) in [6.07, 6.45) is 5.21. The molecule has 0 saturated heterocycles. The van der Waals surface area contributed by atoms with E-state index in [-0.39, 0.29) is 5.41 Å². The standard InChI is InChI=1S/C14H26N2O/c1-6-7-16-10-12(9-15-16)13(17)8-11(2)14(3,4)5/h9-11,13,17H,6-8H2,1-5H3. The van der Waals surface area contributed by atoms with Gasteiger partial charge in [0.1, 0.15) is 0 Å². The van der Waals surface area contributed by atoms with Gasteiger partial charge in [0.25, 0.3) is 0 Å². The molecule has 1 aromatic rings. The van der Waals surface area contributed by atoms with Crippen molar-refractivity contribution in [3.63, 3.8) is 0 Å². The lowest BCUT2D eigenvalue weighted by molar-refractivity contribution is 0.110. The molecule has 0 aliphatic rings. The zero-order valence-electron chi connectivity index (χ0n) is 11.8. The fourth-order valence-electron chi connectivity index (χ4n) is 1.73. The van der Waals surface area contributed by atoms with E-state index < -0.39 is 6.10 Å². The first-order chi connectivity index (χ1) is 7.84. The van der Waals surface area contributed by atoms with Gasteiger partial charge in [0, 0.05) is 18.3 Å². The van der Waals surface area contributed by atoms with E-state index in [1.807, 2.05) is 10.9 Å². The van der Waals surface area contributed by atoms with Gasteiger partial charge in [0.05, 0.1) is 12.3 Å². The molecule has 2 atom stereocenters. The molecule has 0 aliphatic heterocycles. The Hall–Kier alpha value is -0.830. The second kappa shape index (κ2) is 5.67. The van der Waals surface area contributed by atoms with E-state index in [2.05, 4.69) is 39.7 Å². The van der Waals surface area contributed by atoms with Gasteiger partial charge in [-0.2, -0.15) is 5.10 Å². The number of rotatable bonds is 5. The predicted octanol–water partition coefficient (Wildman–Crippen LogP) is 3.40. The number of aliphatic hydroxyl groups excluding tert-OH is 1. The van der Waals surface area contributed by atoms with E-state index in [4.69, 9.17) is 0 Å². The summed E-state index contributed by atoms with van der Waals surface area (Å²) in [5.74, 6) is 0.479. The minimum Gasteiger partial charge on any atom is -0.388 e. The number of aromatic nitrogens is 2. The Bertz CT molecular complexity index is 338. The largest absolute Gasteiger partial charge is 0.388 e. The van der Waals surface area contributed by atoms with Crippen LogP contribution in [0.1, 0.15) is 59.1 Å². The lowest BCUT2D eigenvalue weighted by Gasteiger charge is -2.28. The molecule has 17 heavy (non-hydrogen) atoms. The number of nitrogens with zero attached hydrogens (tertiary/aromatic N) is 2. The molecule has 0 spiro atoms. The normalized spacial score (nSPS) is 15.9. The Labute approximate surface area is 105 Å². The molecule has 2 unspecified atom stereocenters. The molecule has 3 heteroatoms. The van der Waals surface area contributed by atoms with E-state index in [9.17, 15) is 5.11 Å². The molecule has 1 aromatic heterocycles. The molecule has 1 N–H and O–H groups in total. The maximum atomic E-state index is 10.2.